The molecule has 1 aromatic heterocycles. The van der Waals surface area contributed by atoms with Crippen molar-refractivity contribution in [2.24, 2.45) is 7.05 Å². The number of aryl methyl sites for hydroxylation is 1. The maximum Gasteiger partial charge on any atom is 0.259 e. The largest absolute Gasteiger partial charge is 0.490 e. The molecule has 1 heterocycles. The summed E-state index contributed by atoms with van der Waals surface area (Å²) in [6, 6.07) is 5.33. The van der Waals surface area contributed by atoms with E-state index in [4.69, 9.17) is 4.74 Å². The zero-order valence-electron chi connectivity index (χ0n) is 11.6. The normalized spacial score (nSPS) is 10.7. The summed E-state index contributed by atoms with van der Waals surface area (Å²) < 4.78 is 8.17. The first-order valence-corrected chi connectivity index (χ1v) is 7.01. The average Bonchev–Trinajstić information content (AvgIpc) is 2.73. The highest BCUT2D eigenvalue weighted by molar-refractivity contribution is 9.10. The third-order valence-corrected chi connectivity index (χ3v) is 3.01. The summed E-state index contributed by atoms with van der Waals surface area (Å²) in [6.07, 6.45) is 3.33. The first kappa shape index (κ1) is 14.6. The third-order valence-electron chi connectivity index (χ3n) is 2.51. The molecule has 1 aromatic carbocycles. The molecule has 0 unspecified atom stereocenters. The second-order valence-corrected chi connectivity index (χ2v) is 5.58. The number of benzene rings is 1. The van der Waals surface area contributed by atoms with E-state index in [0.717, 1.165) is 4.47 Å². The molecule has 0 aliphatic carbocycles. The van der Waals surface area contributed by atoms with Gasteiger partial charge in [0, 0.05) is 17.7 Å². The Morgan fingerprint density at radius 3 is 2.80 bits per heavy atom. The zero-order valence-corrected chi connectivity index (χ0v) is 13.1. The van der Waals surface area contributed by atoms with E-state index >= 15 is 0 Å². The van der Waals surface area contributed by atoms with Gasteiger partial charge in [-0.05, 0) is 32.0 Å². The molecule has 2 aromatic rings. The quantitative estimate of drug-likeness (QED) is 0.931. The van der Waals surface area contributed by atoms with Crippen LogP contribution < -0.4 is 10.1 Å². The molecule has 2 rings (SSSR count). The number of amides is 1. The smallest absolute Gasteiger partial charge is 0.259 e. The van der Waals surface area contributed by atoms with E-state index in [0.29, 0.717) is 17.0 Å². The van der Waals surface area contributed by atoms with Gasteiger partial charge in [-0.15, -0.1) is 0 Å². The van der Waals surface area contributed by atoms with E-state index in [9.17, 15) is 4.79 Å². The number of hydrogen-bond donors (Lipinski definition) is 1. The number of carbonyl (C=O) groups is 1. The number of halogens is 1. The third kappa shape index (κ3) is 3.60. The molecule has 0 bridgehead atoms. The van der Waals surface area contributed by atoms with Gasteiger partial charge in [-0.2, -0.15) is 5.10 Å². The van der Waals surface area contributed by atoms with Crippen LogP contribution in [-0.2, 0) is 7.05 Å². The van der Waals surface area contributed by atoms with Gasteiger partial charge >= 0.3 is 0 Å². The molecule has 0 saturated carbocycles. The molecule has 5 nitrogen and oxygen atoms in total. The van der Waals surface area contributed by atoms with Gasteiger partial charge in [-0.3, -0.25) is 9.48 Å². The van der Waals surface area contributed by atoms with Gasteiger partial charge in [0.25, 0.3) is 5.91 Å². The Morgan fingerprint density at radius 2 is 2.20 bits per heavy atom. The van der Waals surface area contributed by atoms with E-state index in [1.165, 1.54) is 0 Å². The van der Waals surface area contributed by atoms with Crippen molar-refractivity contribution in [2.45, 2.75) is 20.0 Å². The van der Waals surface area contributed by atoms with Crippen LogP contribution in [0.3, 0.4) is 0 Å². The van der Waals surface area contributed by atoms with Crippen molar-refractivity contribution in [3.8, 4) is 5.75 Å². The van der Waals surface area contributed by atoms with E-state index < -0.39 is 0 Å². The lowest BCUT2D eigenvalue weighted by molar-refractivity contribution is 0.102. The standard InChI is InChI=1S/C14H16BrN3O2/c1-9(2)20-13-6-10(15)4-5-12(13)14(19)17-11-7-16-18(3)8-11/h4-9H,1-3H3,(H,17,19). The minimum absolute atomic E-state index is 0.00533. The molecular weight excluding hydrogens is 322 g/mol. The predicted molar refractivity (Wildman–Crippen MR) is 81.1 cm³/mol. The lowest BCUT2D eigenvalue weighted by atomic mass is 10.2. The Balaban J connectivity index is 2.24. The molecule has 0 fully saturated rings. The number of carbonyl (C=O) groups excluding carboxylic acids is 1. The fourth-order valence-electron chi connectivity index (χ4n) is 1.72. The number of ether oxygens (including phenoxy) is 1. The van der Waals surface area contributed by atoms with Crippen molar-refractivity contribution in [3.63, 3.8) is 0 Å². The lowest BCUT2D eigenvalue weighted by Gasteiger charge is -2.14. The number of rotatable bonds is 4. The predicted octanol–water partition coefficient (Wildman–Crippen LogP) is 3.22. The lowest BCUT2D eigenvalue weighted by Crippen LogP contribution is -2.15. The van der Waals surface area contributed by atoms with Gasteiger partial charge in [0.1, 0.15) is 5.75 Å². The molecule has 1 N–H and O–H groups in total. The van der Waals surface area contributed by atoms with Crippen LogP contribution >= 0.6 is 15.9 Å². The molecule has 1 amide bonds. The van der Waals surface area contributed by atoms with Crippen molar-refractivity contribution in [1.82, 2.24) is 9.78 Å². The Bertz CT molecular complexity index is 623. The van der Waals surface area contributed by atoms with Gasteiger partial charge < -0.3 is 10.1 Å². The van der Waals surface area contributed by atoms with Crippen LogP contribution in [0.4, 0.5) is 5.69 Å². The Hall–Kier alpha value is -1.82. The summed E-state index contributed by atoms with van der Waals surface area (Å²) in [5.41, 5.74) is 1.14. The van der Waals surface area contributed by atoms with Crippen LogP contribution in [0.25, 0.3) is 0 Å². The van der Waals surface area contributed by atoms with E-state index in [1.807, 2.05) is 19.9 Å². The number of anilines is 1. The van der Waals surface area contributed by atoms with Crippen molar-refractivity contribution < 1.29 is 9.53 Å². The summed E-state index contributed by atoms with van der Waals surface area (Å²) in [5.74, 6) is 0.330. The van der Waals surface area contributed by atoms with Crippen LogP contribution in [0.1, 0.15) is 24.2 Å². The number of nitrogens with one attached hydrogen (secondary N) is 1. The fraction of sp³-hybridized carbons (Fsp3) is 0.286. The zero-order chi connectivity index (χ0) is 14.7. The van der Waals surface area contributed by atoms with Crippen LogP contribution in [-0.4, -0.2) is 21.8 Å². The van der Waals surface area contributed by atoms with Gasteiger partial charge in [-0.1, -0.05) is 15.9 Å². The Kier molecular flexibility index (Phi) is 4.44. The minimum Gasteiger partial charge on any atom is -0.490 e. The first-order chi connectivity index (χ1) is 9.45. The van der Waals surface area contributed by atoms with Crippen molar-refractivity contribution in [2.75, 3.05) is 5.32 Å². The average molecular weight is 338 g/mol. The minimum atomic E-state index is -0.221. The number of hydrogen-bond acceptors (Lipinski definition) is 3. The van der Waals surface area contributed by atoms with Crippen LogP contribution in [0.15, 0.2) is 35.1 Å². The molecule has 20 heavy (non-hydrogen) atoms. The highest BCUT2D eigenvalue weighted by Gasteiger charge is 2.15. The van der Waals surface area contributed by atoms with Gasteiger partial charge in [0.15, 0.2) is 0 Å². The van der Waals surface area contributed by atoms with E-state index in [2.05, 4.69) is 26.3 Å². The highest BCUT2D eigenvalue weighted by Crippen LogP contribution is 2.25. The second kappa shape index (κ2) is 6.09. The van der Waals surface area contributed by atoms with Crippen LogP contribution in [0.2, 0.25) is 0 Å². The fourth-order valence-corrected chi connectivity index (χ4v) is 2.06. The summed E-state index contributed by atoms with van der Waals surface area (Å²) in [6.45, 7) is 3.84. The number of nitrogens with zero attached hydrogens (tertiary/aromatic N) is 2. The summed E-state index contributed by atoms with van der Waals surface area (Å²) >= 11 is 3.38. The van der Waals surface area contributed by atoms with Crippen molar-refractivity contribution >= 4 is 27.5 Å². The molecule has 0 aliphatic heterocycles. The maximum atomic E-state index is 12.3. The SMILES string of the molecule is CC(C)Oc1cc(Br)ccc1C(=O)Nc1cnn(C)c1. The molecule has 0 atom stereocenters. The summed E-state index contributed by atoms with van der Waals surface area (Å²) in [7, 11) is 1.79. The second-order valence-electron chi connectivity index (χ2n) is 4.66. The first-order valence-electron chi connectivity index (χ1n) is 6.22. The van der Waals surface area contributed by atoms with Gasteiger partial charge in [0.2, 0.25) is 0 Å². The van der Waals surface area contributed by atoms with Crippen molar-refractivity contribution in [1.29, 1.82) is 0 Å². The number of aromatic nitrogens is 2. The molecule has 106 valence electrons. The maximum absolute atomic E-state index is 12.3. The van der Waals surface area contributed by atoms with Gasteiger partial charge in [-0.25, -0.2) is 0 Å². The van der Waals surface area contributed by atoms with Gasteiger partial charge in [0.05, 0.1) is 23.6 Å². The van der Waals surface area contributed by atoms with E-state index in [1.54, 1.807) is 36.3 Å². The Labute approximate surface area is 126 Å². The molecule has 0 spiro atoms. The van der Waals surface area contributed by atoms with Crippen molar-refractivity contribution in [3.05, 3.63) is 40.6 Å². The molecule has 0 radical (unpaired) electrons. The topological polar surface area (TPSA) is 56.1 Å². The Morgan fingerprint density at radius 1 is 1.45 bits per heavy atom. The van der Waals surface area contributed by atoms with E-state index in [-0.39, 0.29) is 12.0 Å². The molecular formula is C14H16BrN3O2. The molecule has 0 saturated heterocycles. The molecule has 0 aliphatic rings. The van der Waals surface area contributed by atoms with Crippen LogP contribution in [0, 0.1) is 0 Å². The summed E-state index contributed by atoms with van der Waals surface area (Å²) in [5, 5.41) is 6.81. The highest BCUT2D eigenvalue weighted by atomic mass is 79.9. The monoisotopic (exact) mass is 337 g/mol. The molecule has 6 heteroatoms. The van der Waals surface area contributed by atoms with Crippen LogP contribution in [0.5, 0.6) is 5.75 Å². The summed E-state index contributed by atoms with van der Waals surface area (Å²) in [4.78, 5) is 12.3.